The zero-order valence-corrected chi connectivity index (χ0v) is 12.7. The predicted octanol–water partition coefficient (Wildman–Crippen LogP) is 4.75. The van der Waals surface area contributed by atoms with E-state index in [1.807, 2.05) is 31.3 Å². The number of benzene rings is 2. The third-order valence-electron chi connectivity index (χ3n) is 3.52. The Hall–Kier alpha value is -2.40. The third-order valence-corrected chi connectivity index (χ3v) is 4.53. The highest BCUT2D eigenvalue weighted by molar-refractivity contribution is 7.23. The fourth-order valence-corrected chi connectivity index (χ4v) is 3.53. The highest BCUT2D eigenvalue weighted by atomic mass is 32.1. The number of imidazole rings is 1. The Balaban J connectivity index is 1.83. The fraction of sp³-hybridized carbons (Fsp3) is 0.118. The normalized spacial score (nSPS) is 11.4. The van der Waals surface area contributed by atoms with Crippen LogP contribution in [0.15, 0.2) is 48.7 Å². The van der Waals surface area contributed by atoms with Crippen molar-refractivity contribution in [2.75, 3.05) is 6.61 Å². The lowest BCUT2D eigenvalue weighted by molar-refractivity contribution is 0.341. The van der Waals surface area contributed by atoms with Crippen molar-refractivity contribution < 1.29 is 9.13 Å². The molecule has 0 unspecified atom stereocenters. The SMILES string of the molecule is CCOc1ccc2c(c1)sc1nc(-c3ccc(F)cc3)cn12. The van der Waals surface area contributed by atoms with Crippen molar-refractivity contribution in [3.8, 4) is 17.0 Å². The molecule has 0 saturated carbocycles. The molecule has 0 fully saturated rings. The molecule has 0 saturated heterocycles. The van der Waals surface area contributed by atoms with Gasteiger partial charge in [-0.1, -0.05) is 11.3 Å². The van der Waals surface area contributed by atoms with Gasteiger partial charge in [-0.2, -0.15) is 0 Å². The topological polar surface area (TPSA) is 26.5 Å². The Labute approximate surface area is 130 Å². The number of hydrogen-bond donors (Lipinski definition) is 0. The lowest BCUT2D eigenvalue weighted by Crippen LogP contribution is -1.90. The van der Waals surface area contributed by atoms with Gasteiger partial charge in [-0.3, -0.25) is 4.40 Å². The maximum Gasteiger partial charge on any atom is 0.195 e. The molecule has 5 heteroatoms. The average molecular weight is 312 g/mol. The van der Waals surface area contributed by atoms with Crippen molar-refractivity contribution in [1.29, 1.82) is 0 Å². The van der Waals surface area contributed by atoms with Crippen LogP contribution in [-0.2, 0) is 0 Å². The van der Waals surface area contributed by atoms with Crippen molar-refractivity contribution in [3.05, 3.63) is 54.5 Å². The zero-order valence-electron chi connectivity index (χ0n) is 11.9. The quantitative estimate of drug-likeness (QED) is 0.545. The summed E-state index contributed by atoms with van der Waals surface area (Å²) in [7, 11) is 0. The first kappa shape index (κ1) is 13.3. The van der Waals surface area contributed by atoms with Crippen LogP contribution in [0.1, 0.15) is 6.92 Å². The van der Waals surface area contributed by atoms with Gasteiger partial charge in [-0.05, 0) is 49.4 Å². The minimum absolute atomic E-state index is 0.237. The summed E-state index contributed by atoms with van der Waals surface area (Å²) in [4.78, 5) is 5.56. The predicted molar refractivity (Wildman–Crippen MR) is 87.1 cm³/mol. The van der Waals surface area contributed by atoms with Crippen molar-refractivity contribution in [2.24, 2.45) is 0 Å². The molecule has 22 heavy (non-hydrogen) atoms. The molecule has 2 heterocycles. The third kappa shape index (κ3) is 2.14. The van der Waals surface area contributed by atoms with Crippen LogP contribution in [0.3, 0.4) is 0 Å². The Morgan fingerprint density at radius 2 is 2.00 bits per heavy atom. The van der Waals surface area contributed by atoms with Crippen LogP contribution in [0.4, 0.5) is 4.39 Å². The number of rotatable bonds is 3. The van der Waals surface area contributed by atoms with Gasteiger partial charge < -0.3 is 4.74 Å². The van der Waals surface area contributed by atoms with Gasteiger partial charge in [0.25, 0.3) is 0 Å². The molecule has 0 aliphatic heterocycles. The van der Waals surface area contributed by atoms with Gasteiger partial charge in [-0.25, -0.2) is 9.37 Å². The smallest absolute Gasteiger partial charge is 0.195 e. The van der Waals surface area contributed by atoms with E-state index in [-0.39, 0.29) is 5.82 Å². The van der Waals surface area contributed by atoms with Crippen molar-refractivity contribution in [3.63, 3.8) is 0 Å². The number of fused-ring (bicyclic) bond motifs is 3. The standard InChI is InChI=1S/C17H13FN2OS/c1-2-21-13-7-8-15-16(9-13)22-17-19-14(10-20(15)17)11-3-5-12(18)6-4-11/h3-10H,2H2,1H3. The van der Waals surface area contributed by atoms with Gasteiger partial charge in [0.2, 0.25) is 0 Å². The van der Waals surface area contributed by atoms with E-state index in [1.165, 1.54) is 12.1 Å². The maximum atomic E-state index is 13.0. The van der Waals surface area contributed by atoms with Crippen LogP contribution in [0.5, 0.6) is 5.75 Å². The summed E-state index contributed by atoms with van der Waals surface area (Å²) in [5.74, 6) is 0.636. The monoisotopic (exact) mass is 312 g/mol. The number of nitrogens with zero attached hydrogens (tertiary/aromatic N) is 2. The van der Waals surface area contributed by atoms with E-state index in [9.17, 15) is 4.39 Å². The second-order valence-corrected chi connectivity index (χ2v) is 5.96. The first-order valence-electron chi connectivity index (χ1n) is 7.05. The van der Waals surface area contributed by atoms with E-state index < -0.39 is 0 Å². The van der Waals surface area contributed by atoms with Crippen molar-refractivity contribution in [2.45, 2.75) is 6.92 Å². The molecule has 110 valence electrons. The van der Waals surface area contributed by atoms with E-state index in [2.05, 4.69) is 9.38 Å². The van der Waals surface area contributed by atoms with Crippen LogP contribution in [0.2, 0.25) is 0 Å². The largest absolute Gasteiger partial charge is 0.494 e. The second-order valence-electron chi connectivity index (χ2n) is 4.95. The van der Waals surface area contributed by atoms with Gasteiger partial charge in [0, 0.05) is 11.8 Å². The van der Waals surface area contributed by atoms with Crippen molar-refractivity contribution in [1.82, 2.24) is 9.38 Å². The van der Waals surface area contributed by atoms with Gasteiger partial charge in [0.05, 0.1) is 22.5 Å². The molecule has 0 aliphatic carbocycles. The van der Waals surface area contributed by atoms with Gasteiger partial charge >= 0.3 is 0 Å². The van der Waals surface area contributed by atoms with Crippen molar-refractivity contribution >= 4 is 26.5 Å². The first-order valence-corrected chi connectivity index (χ1v) is 7.86. The van der Waals surface area contributed by atoms with Crippen LogP contribution >= 0.6 is 11.3 Å². The van der Waals surface area contributed by atoms with E-state index in [0.29, 0.717) is 6.61 Å². The molecule has 4 rings (SSSR count). The summed E-state index contributed by atoms with van der Waals surface area (Å²) in [5.41, 5.74) is 2.86. The molecule has 0 amide bonds. The second kappa shape index (κ2) is 5.10. The molecule has 0 aliphatic rings. The van der Waals surface area contributed by atoms with Crippen LogP contribution in [0.25, 0.3) is 26.4 Å². The summed E-state index contributed by atoms with van der Waals surface area (Å²) < 4.78 is 21.8. The summed E-state index contributed by atoms with van der Waals surface area (Å²) in [6, 6.07) is 12.4. The van der Waals surface area contributed by atoms with E-state index >= 15 is 0 Å². The summed E-state index contributed by atoms with van der Waals surface area (Å²) in [5, 5.41) is 0. The maximum absolute atomic E-state index is 13.0. The van der Waals surface area contributed by atoms with Gasteiger partial charge in [-0.15, -0.1) is 0 Å². The number of ether oxygens (including phenoxy) is 1. The van der Waals surface area contributed by atoms with Crippen LogP contribution < -0.4 is 4.74 Å². The molecule has 4 aromatic rings. The van der Waals surface area contributed by atoms with Gasteiger partial charge in [0.1, 0.15) is 11.6 Å². The van der Waals surface area contributed by atoms with Crippen LogP contribution in [0, 0.1) is 5.82 Å². The highest BCUT2D eigenvalue weighted by Crippen LogP contribution is 2.31. The lowest BCUT2D eigenvalue weighted by Gasteiger charge is -2.01. The molecule has 3 nitrogen and oxygen atoms in total. The average Bonchev–Trinajstić information content (AvgIpc) is 3.05. The Morgan fingerprint density at radius 1 is 1.18 bits per heavy atom. The molecule has 2 aromatic carbocycles. The minimum Gasteiger partial charge on any atom is -0.494 e. The highest BCUT2D eigenvalue weighted by Gasteiger charge is 2.11. The van der Waals surface area contributed by atoms with E-state index in [4.69, 9.17) is 4.74 Å². The number of thiazole rings is 1. The molecule has 2 aromatic heterocycles. The summed E-state index contributed by atoms with van der Waals surface area (Å²) >= 11 is 1.62. The molecule has 0 bridgehead atoms. The zero-order chi connectivity index (χ0) is 15.1. The molecule has 0 atom stereocenters. The number of hydrogen-bond acceptors (Lipinski definition) is 3. The fourth-order valence-electron chi connectivity index (χ4n) is 2.50. The minimum atomic E-state index is -0.237. The number of halogens is 1. The van der Waals surface area contributed by atoms with E-state index in [1.54, 1.807) is 23.5 Å². The van der Waals surface area contributed by atoms with E-state index in [0.717, 1.165) is 32.2 Å². The Bertz CT molecular complexity index is 956. The summed E-state index contributed by atoms with van der Waals surface area (Å²) in [6.07, 6.45) is 1.99. The Morgan fingerprint density at radius 3 is 2.77 bits per heavy atom. The Kier molecular flexibility index (Phi) is 3.08. The van der Waals surface area contributed by atoms with Crippen LogP contribution in [-0.4, -0.2) is 16.0 Å². The molecule has 0 spiro atoms. The molecule has 0 N–H and O–H groups in total. The molecule has 0 radical (unpaired) electrons. The van der Waals surface area contributed by atoms with Gasteiger partial charge in [0.15, 0.2) is 4.96 Å². The summed E-state index contributed by atoms with van der Waals surface area (Å²) in [6.45, 7) is 2.63. The first-order chi connectivity index (χ1) is 10.7. The molecular formula is C17H13FN2OS. The lowest BCUT2D eigenvalue weighted by atomic mass is 10.2. The number of aromatic nitrogens is 2. The molecular weight excluding hydrogens is 299 g/mol.